The first kappa shape index (κ1) is 19.6. The molecule has 0 spiro atoms. The first-order valence-corrected chi connectivity index (χ1v) is 9.13. The number of nitrogens with one attached hydrogen (secondary N) is 1. The molecule has 0 aliphatic carbocycles. The normalized spacial score (nSPS) is 18.7. The number of aliphatic carboxylic acids is 1. The molecule has 0 fully saturated rings. The molecule has 146 valence electrons. The number of hydrogen-bond donors (Lipinski definition) is 2. The molecular weight excluding hydrogens is 356 g/mol. The number of para-hydroxylation sites is 1. The SMILES string of the molecule is CN1C(=O)C(CC(=O)NC(C)(C)C(=O)O)(Cc2ccccc2)c2ccccc21. The quantitative estimate of drug-likeness (QED) is 0.806. The highest BCUT2D eigenvalue weighted by Crippen LogP contribution is 2.45. The standard InChI is InChI=1S/C22H24N2O4/c1-21(2,20(27)28)23-18(25)14-22(13-15-9-5-4-6-10-15)16-11-7-8-12-17(16)24(3)19(22)26/h4-12H,13-14H2,1-3H3,(H,23,25)(H,27,28). The van der Waals surface area contributed by atoms with Crippen LogP contribution >= 0.6 is 0 Å². The van der Waals surface area contributed by atoms with Crippen molar-refractivity contribution in [1.82, 2.24) is 5.32 Å². The molecule has 0 bridgehead atoms. The van der Waals surface area contributed by atoms with Gasteiger partial charge in [0, 0.05) is 19.2 Å². The lowest BCUT2D eigenvalue weighted by Crippen LogP contribution is -2.52. The van der Waals surface area contributed by atoms with Crippen molar-refractivity contribution < 1.29 is 19.5 Å². The van der Waals surface area contributed by atoms with Gasteiger partial charge < -0.3 is 15.3 Å². The number of carboxylic acids is 1. The molecule has 6 nitrogen and oxygen atoms in total. The van der Waals surface area contributed by atoms with Crippen LogP contribution in [0.2, 0.25) is 0 Å². The number of anilines is 1. The van der Waals surface area contributed by atoms with Gasteiger partial charge in [0.15, 0.2) is 0 Å². The van der Waals surface area contributed by atoms with Crippen molar-refractivity contribution in [2.45, 2.75) is 37.6 Å². The van der Waals surface area contributed by atoms with Gasteiger partial charge in [-0.3, -0.25) is 9.59 Å². The highest BCUT2D eigenvalue weighted by Gasteiger charge is 2.51. The maximum atomic E-state index is 13.4. The summed E-state index contributed by atoms with van der Waals surface area (Å²) in [5.74, 6) is -1.77. The van der Waals surface area contributed by atoms with Crippen LogP contribution in [0.15, 0.2) is 54.6 Å². The van der Waals surface area contributed by atoms with Gasteiger partial charge in [0.2, 0.25) is 11.8 Å². The average Bonchev–Trinajstić information content (AvgIpc) is 2.84. The average molecular weight is 380 g/mol. The minimum Gasteiger partial charge on any atom is -0.480 e. The van der Waals surface area contributed by atoms with E-state index in [-0.39, 0.29) is 12.3 Å². The van der Waals surface area contributed by atoms with Crippen LogP contribution in [0, 0.1) is 0 Å². The zero-order valence-corrected chi connectivity index (χ0v) is 16.2. The summed E-state index contributed by atoms with van der Waals surface area (Å²) in [6, 6.07) is 17.0. The summed E-state index contributed by atoms with van der Waals surface area (Å²) in [5, 5.41) is 11.9. The fraction of sp³-hybridized carbons (Fsp3) is 0.318. The molecule has 0 radical (unpaired) electrons. The van der Waals surface area contributed by atoms with Gasteiger partial charge in [-0.15, -0.1) is 0 Å². The zero-order valence-electron chi connectivity index (χ0n) is 16.2. The van der Waals surface area contributed by atoms with Crippen molar-refractivity contribution in [2.24, 2.45) is 0 Å². The Morgan fingerprint density at radius 2 is 1.68 bits per heavy atom. The Bertz CT molecular complexity index is 923. The second-order valence-electron chi connectivity index (χ2n) is 7.78. The van der Waals surface area contributed by atoms with E-state index in [1.807, 2.05) is 54.6 Å². The lowest BCUT2D eigenvalue weighted by atomic mass is 9.73. The first-order valence-electron chi connectivity index (χ1n) is 9.13. The first-order chi connectivity index (χ1) is 13.2. The van der Waals surface area contributed by atoms with Crippen molar-refractivity contribution in [3.05, 3.63) is 65.7 Å². The van der Waals surface area contributed by atoms with E-state index in [1.54, 1.807) is 11.9 Å². The molecule has 2 aromatic carbocycles. The lowest BCUT2D eigenvalue weighted by Gasteiger charge is -2.30. The number of carboxylic acid groups (broad SMARTS) is 1. The third kappa shape index (κ3) is 3.38. The third-order valence-corrected chi connectivity index (χ3v) is 5.29. The maximum absolute atomic E-state index is 13.4. The van der Waals surface area contributed by atoms with E-state index in [4.69, 9.17) is 0 Å². The van der Waals surface area contributed by atoms with E-state index in [0.717, 1.165) is 16.8 Å². The Morgan fingerprint density at radius 3 is 2.32 bits per heavy atom. The fourth-order valence-electron chi connectivity index (χ4n) is 3.79. The van der Waals surface area contributed by atoms with E-state index in [2.05, 4.69) is 5.32 Å². The van der Waals surface area contributed by atoms with Crippen LogP contribution in [-0.2, 0) is 26.2 Å². The van der Waals surface area contributed by atoms with Crippen LogP contribution in [0.4, 0.5) is 5.69 Å². The molecule has 0 aromatic heterocycles. The number of fused-ring (bicyclic) bond motifs is 1. The second kappa shape index (κ2) is 7.11. The van der Waals surface area contributed by atoms with Crippen molar-refractivity contribution in [1.29, 1.82) is 0 Å². The third-order valence-electron chi connectivity index (χ3n) is 5.29. The number of carbonyl (C=O) groups excluding carboxylic acids is 2. The molecule has 2 amide bonds. The van der Waals surface area contributed by atoms with Gasteiger partial charge in [0.1, 0.15) is 5.54 Å². The van der Waals surface area contributed by atoms with Crippen LogP contribution in [0.25, 0.3) is 0 Å². The Morgan fingerprint density at radius 1 is 1.07 bits per heavy atom. The van der Waals surface area contributed by atoms with E-state index < -0.39 is 22.8 Å². The number of carbonyl (C=O) groups is 3. The molecule has 1 heterocycles. The molecule has 1 unspecified atom stereocenters. The number of amides is 2. The Labute approximate surface area is 164 Å². The summed E-state index contributed by atoms with van der Waals surface area (Å²) < 4.78 is 0. The molecule has 2 aromatic rings. The molecule has 1 atom stereocenters. The number of likely N-dealkylation sites (N-methyl/N-ethyl adjacent to an activating group) is 1. The largest absolute Gasteiger partial charge is 0.480 e. The Balaban J connectivity index is 2.03. The molecule has 1 aliphatic rings. The van der Waals surface area contributed by atoms with Gasteiger partial charge in [-0.2, -0.15) is 0 Å². The molecular formula is C22H24N2O4. The van der Waals surface area contributed by atoms with Crippen molar-refractivity contribution >= 4 is 23.5 Å². The molecule has 3 rings (SSSR count). The zero-order chi connectivity index (χ0) is 20.5. The van der Waals surface area contributed by atoms with Gasteiger partial charge in [-0.05, 0) is 37.5 Å². The highest BCUT2D eigenvalue weighted by atomic mass is 16.4. The van der Waals surface area contributed by atoms with Gasteiger partial charge >= 0.3 is 5.97 Å². The van der Waals surface area contributed by atoms with Crippen LogP contribution in [0.1, 0.15) is 31.4 Å². The summed E-state index contributed by atoms with van der Waals surface area (Å²) >= 11 is 0. The monoisotopic (exact) mass is 380 g/mol. The molecule has 28 heavy (non-hydrogen) atoms. The maximum Gasteiger partial charge on any atom is 0.328 e. The van der Waals surface area contributed by atoms with Gasteiger partial charge in [-0.1, -0.05) is 48.5 Å². The topological polar surface area (TPSA) is 86.7 Å². The molecule has 0 saturated heterocycles. The second-order valence-corrected chi connectivity index (χ2v) is 7.78. The number of rotatable bonds is 6. The Hall–Kier alpha value is -3.15. The van der Waals surface area contributed by atoms with E-state index >= 15 is 0 Å². The smallest absolute Gasteiger partial charge is 0.328 e. The van der Waals surface area contributed by atoms with Crippen LogP contribution in [0.5, 0.6) is 0 Å². The molecule has 1 aliphatic heterocycles. The van der Waals surface area contributed by atoms with Crippen LogP contribution in [0.3, 0.4) is 0 Å². The van der Waals surface area contributed by atoms with E-state index in [9.17, 15) is 19.5 Å². The lowest BCUT2D eigenvalue weighted by molar-refractivity contribution is -0.146. The summed E-state index contributed by atoms with van der Waals surface area (Å²) in [5.41, 5.74) is -0.00156. The predicted molar refractivity (Wildman–Crippen MR) is 106 cm³/mol. The summed E-state index contributed by atoms with van der Waals surface area (Å²) in [6.45, 7) is 2.85. The molecule has 0 saturated carbocycles. The summed E-state index contributed by atoms with van der Waals surface area (Å²) in [6.07, 6.45) is 0.230. The highest BCUT2D eigenvalue weighted by molar-refractivity contribution is 6.10. The number of nitrogens with zero attached hydrogens (tertiary/aromatic N) is 1. The number of hydrogen-bond acceptors (Lipinski definition) is 3. The van der Waals surface area contributed by atoms with Crippen molar-refractivity contribution in [2.75, 3.05) is 11.9 Å². The fourth-order valence-corrected chi connectivity index (χ4v) is 3.79. The van der Waals surface area contributed by atoms with Crippen molar-refractivity contribution in [3.63, 3.8) is 0 Å². The van der Waals surface area contributed by atoms with E-state index in [1.165, 1.54) is 13.8 Å². The van der Waals surface area contributed by atoms with Crippen LogP contribution in [-0.4, -0.2) is 35.5 Å². The van der Waals surface area contributed by atoms with Gasteiger partial charge in [-0.25, -0.2) is 4.79 Å². The van der Waals surface area contributed by atoms with Gasteiger partial charge in [0.05, 0.1) is 5.41 Å². The minimum atomic E-state index is -1.42. The molecule has 6 heteroatoms. The van der Waals surface area contributed by atoms with Crippen LogP contribution < -0.4 is 10.2 Å². The predicted octanol–water partition coefficient (Wildman–Crippen LogP) is 2.51. The minimum absolute atomic E-state index is 0.126. The Kier molecular flexibility index (Phi) is 4.98. The van der Waals surface area contributed by atoms with E-state index in [0.29, 0.717) is 6.42 Å². The summed E-state index contributed by atoms with van der Waals surface area (Å²) in [7, 11) is 1.70. The van der Waals surface area contributed by atoms with Crippen molar-refractivity contribution in [3.8, 4) is 0 Å². The number of benzene rings is 2. The molecule has 2 N–H and O–H groups in total. The summed E-state index contributed by atoms with van der Waals surface area (Å²) in [4.78, 5) is 39.2. The van der Waals surface area contributed by atoms with Gasteiger partial charge in [0.25, 0.3) is 0 Å².